The van der Waals surface area contributed by atoms with E-state index < -0.39 is 5.91 Å². The molecule has 1 heterocycles. The molecule has 0 spiro atoms. The van der Waals surface area contributed by atoms with Crippen molar-refractivity contribution in [1.82, 2.24) is 5.16 Å². The van der Waals surface area contributed by atoms with Crippen LogP contribution in [0, 0.1) is 0 Å². The summed E-state index contributed by atoms with van der Waals surface area (Å²) < 4.78 is 4.71. The van der Waals surface area contributed by atoms with Crippen molar-refractivity contribution in [3.05, 3.63) is 41.2 Å². The summed E-state index contributed by atoms with van der Waals surface area (Å²) in [5.41, 5.74) is 6.41. The van der Waals surface area contributed by atoms with Gasteiger partial charge in [0.15, 0.2) is 5.69 Å². The van der Waals surface area contributed by atoms with Crippen molar-refractivity contribution in [3.63, 3.8) is 0 Å². The van der Waals surface area contributed by atoms with E-state index in [0.717, 1.165) is 0 Å². The Bertz CT molecular complexity index is 508. The first-order valence-electron chi connectivity index (χ1n) is 4.19. The Morgan fingerprint density at radius 2 is 2.07 bits per heavy atom. The molecule has 2 N–H and O–H groups in total. The summed E-state index contributed by atoms with van der Waals surface area (Å²) in [6.45, 7) is 0. The number of amides is 1. The lowest BCUT2D eigenvalue weighted by molar-refractivity contribution is 0.0992. The van der Waals surface area contributed by atoms with Crippen LogP contribution in [0.4, 0.5) is 0 Å². The highest BCUT2D eigenvalue weighted by atomic mass is 35.5. The summed E-state index contributed by atoms with van der Waals surface area (Å²) in [6, 6.07) is 7.08. The van der Waals surface area contributed by atoms with Gasteiger partial charge < -0.3 is 10.3 Å². The fraction of sp³-hybridized carbons (Fsp3) is 0. The van der Waals surface area contributed by atoms with Crippen LogP contribution in [0.15, 0.2) is 35.1 Å². The van der Waals surface area contributed by atoms with E-state index in [1.165, 1.54) is 6.26 Å². The minimum Gasteiger partial charge on any atom is -0.364 e. The lowest BCUT2D eigenvalue weighted by Gasteiger charge is -2.00. The highest BCUT2D eigenvalue weighted by Gasteiger charge is 2.16. The minimum absolute atomic E-state index is 0.0862. The Balaban J connectivity index is 2.59. The van der Waals surface area contributed by atoms with E-state index in [2.05, 4.69) is 5.16 Å². The summed E-state index contributed by atoms with van der Waals surface area (Å²) in [6.07, 6.45) is 1.35. The van der Waals surface area contributed by atoms with Gasteiger partial charge in [-0.05, 0) is 6.07 Å². The average molecular weight is 223 g/mol. The zero-order valence-corrected chi connectivity index (χ0v) is 8.36. The van der Waals surface area contributed by atoms with Crippen LogP contribution in [0.1, 0.15) is 10.5 Å². The number of nitrogens with two attached hydrogens (primary N) is 1. The number of hydrogen-bond donors (Lipinski definition) is 1. The standard InChI is InChI=1S/C10H7ClN2O2/c11-8-4-2-1-3-6(8)7-5-15-13-9(7)10(12)14/h1-5H,(H2,12,14). The summed E-state index contributed by atoms with van der Waals surface area (Å²) in [7, 11) is 0. The summed E-state index contributed by atoms with van der Waals surface area (Å²) in [4.78, 5) is 11.0. The van der Waals surface area contributed by atoms with Gasteiger partial charge >= 0.3 is 0 Å². The van der Waals surface area contributed by atoms with Crippen molar-refractivity contribution in [2.24, 2.45) is 5.73 Å². The first-order chi connectivity index (χ1) is 7.20. The number of carbonyl (C=O) groups excluding carboxylic acids is 1. The normalized spacial score (nSPS) is 10.2. The molecule has 0 radical (unpaired) electrons. The molecule has 0 bridgehead atoms. The molecule has 1 aromatic heterocycles. The fourth-order valence-electron chi connectivity index (χ4n) is 1.29. The van der Waals surface area contributed by atoms with Gasteiger partial charge in [0.25, 0.3) is 5.91 Å². The van der Waals surface area contributed by atoms with E-state index in [9.17, 15) is 4.79 Å². The third-order valence-corrected chi connectivity index (χ3v) is 2.30. The zero-order valence-electron chi connectivity index (χ0n) is 7.61. The second kappa shape index (κ2) is 3.74. The van der Waals surface area contributed by atoms with E-state index in [-0.39, 0.29) is 5.69 Å². The van der Waals surface area contributed by atoms with E-state index in [1.807, 2.05) is 0 Å². The van der Waals surface area contributed by atoms with Crippen LogP contribution in [0.3, 0.4) is 0 Å². The number of halogens is 1. The molecule has 5 heteroatoms. The number of hydrogen-bond acceptors (Lipinski definition) is 3. The molecule has 0 aliphatic carbocycles. The lowest BCUT2D eigenvalue weighted by Crippen LogP contribution is -2.12. The van der Waals surface area contributed by atoms with E-state index in [0.29, 0.717) is 16.1 Å². The predicted octanol–water partition coefficient (Wildman–Crippen LogP) is 2.09. The first kappa shape index (κ1) is 9.73. The molecule has 0 saturated heterocycles. The second-order valence-electron chi connectivity index (χ2n) is 2.92. The van der Waals surface area contributed by atoms with Crippen molar-refractivity contribution in [2.45, 2.75) is 0 Å². The number of nitrogens with zero attached hydrogens (tertiary/aromatic N) is 1. The first-order valence-corrected chi connectivity index (χ1v) is 4.57. The Hall–Kier alpha value is -1.81. The SMILES string of the molecule is NC(=O)c1nocc1-c1ccccc1Cl. The second-order valence-corrected chi connectivity index (χ2v) is 3.33. The third kappa shape index (κ3) is 1.71. The summed E-state index contributed by atoms with van der Waals surface area (Å²) in [5, 5.41) is 4.04. The van der Waals surface area contributed by atoms with Crippen molar-refractivity contribution in [2.75, 3.05) is 0 Å². The molecule has 76 valence electrons. The highest BCUT2D eigenvalue weighted by Crippen LogP contribution is 2.29. The average Bonchev–Trinajstić information content (AvgIpc) is 2.67. The van der Waals surface area contributed by atoms with Gasteiger partial charge in [0.1, 0.15) is 6.26 Å². The fourth-order valence-corrected chi connectivity index (χ4v) is 1.52. The molecule has 2 rings (SSSR count). The number of aromatic nitrogens is 1. The lowest BCUT2D eigenvalue weighted by atomic mass is 10.1. The highest BCUT2D eigenvalue weighted by molar-refractivity contribution is 6.33. The zero-order chi connectivity index (χ0) is 10.8. The maximum absolute atomic E-state index is 11.0. The molecule has 0 saturated carbocycles. The third-order valence-electron chi connectivity index (χ3n) is 1.97. The van der Waals surface area contributed by atoms with Gasteiger partial charge in [-0.2, -0.15) is 0 Å². The number of primary amides is 1. The van der Waals surface area contributed by atoms with Crippen LogP contribution < -0.4 is 5.73 Å². The molecular formula is C10H7ClN2O2. The quantitative estimate of drug-likeness (QED) is 0.846. The number of carbonyl (C=O) groups is 1. The van der Waals surface area contributed by atoms with Crippen LogP contribution >= 0.6 is 11.6 Å². The van der Waals surface area contributed by atoms with Crippen LogP contribution in [0.5, 0.6) is 0 Å². The Kier molecular flexibility index (Phi) is 2.43. The van der Waals surface area contributed by atoms with Crippen LogP contribution in [0.25, 0.3) is 11.1 Å². The van der Waals surface area contributed by atoms with Gasteiger partial charge in [-0.25, -0.2) is 0 Å². The molecule has 0 aliphatic heterocycles. The van der Waals surface area contributed by atoms with Gasteiger partial charge in [-0.1, -0.05) is 35.0 Å². The molecule has 0 atom stereocenters. The molecule has 0 aliphatic rings. The molecular weight excluding hydrogens is 216 g/mol. The largest absolute Gasteiger partial charge is 0.364 e. The van der Waals surface area contributed by atoms with Gasteiger partial charge in [0.2, 0.25) is 0 Å². The van der Waals surface area contributed by atoms with Gasteiger partial charge in [0, 0.05) is 10.6 Å². The van der Waals surface area contributed by atoms with E-state index >= 15 is 0 Å². The van der Waals surface area contributed by atoms with Crippen molar-refractivity contribution in [3.8, 4) is 11.1 Å². The molecule has 1 aromatic carbocycles. The van der Waals surface area contributed by atoms with E-state index in [4.69, 9.17) is 21.9 Å². The molecule has 2 aromatic rings. The van der Waals surface area contributed by atoms with Crippen molar-refractivity contribution >= 4 is 17.5 Å². The Labute approximate surface area is 90.6 Å². The van der Waals surface area contributed by atoms with Crippen molar-refractivity contribution in [1.29, 1.82) is 0 Å². The summed E-state index contributed by atoms with van der Waals surface area (Å²) >= 11 is 5.97. The van der Waals surface area contributed by atoms with Gasteiger partial charge in [0.05, 0.1) is 5.56 Å². The number of benzene rings is 1. The Morgan fingerprint density at radius 3 is 2.73 bits per heavy atom. The van der Waals surface area contributed by atoms with Gasteiger partial charge in [-0.3, -0.25) is 4.79 Å². The molecule has 0 unspecified atom stereocenters. The molecule has 0 fully saturated rings. The van der Waals surface area contributed by atoms with Crippen LogP contribution in [0.2, 0.25) is 5.02 Å². The maximum Gasteiger partial charge on any atom is 0.271 e. The predicted molar refractivity (Wildman–Crippen MR) is 55.5 cm³/mol. The summed E-state index contributed by atoms with van der Waals surface area (Å²) in [5.74, 6) is -0.640. The smallest absolute Gasteiger partial charge is 0.271 e. The molecule has 4 nitrogen and oxygen atoms in total. The molecule has 1 amide bonds. The van der Waals surface area contributed by atoms with Gasteiger partial charge in [-0.15, -0.1) is 0 Å². The monoisotopic (exact) mass is 222 g/mol. The number of rotatable bonds is 2. The van der Waals surface area contributed by atoms with Crippen LogP contribution in [-0.4, -0.2) is 11.1 Å². The topological polar surface area (TPSA) is 69.1 Å². The van der Waals surface area contributed by atoms with E-state index in [1.54, 1.807) is 24.3 Å². The Morgan fingerprint density at radius 1 is 1.33 bits per heavy atom. The van der Waals surface area contributed by atoms with Crippen LogP contribution in [-0.2, 0) is 0 Å². The maximum atomic E-state index is 11.0. The minimum atomic E-state index is -0.640. The molecule has 15 heavy (non-hydrogen) atoms. The van der Waals surface area contributed by atoms with Crippen molar-refractivity contribution < 1.29 is 9.32 Å².